The first-order valence-corrected chi connectivity index (χ1v) is 5.94. The summed E-state index contributed by atoms with van der Waals surface area (Å²) < 4.78 is 7.22. The largest absolute Gasteiger partial charge is 0.382 e. The fraction of sp³-hybridized carbons (Fsp3) is 0.750. The quantitative estimate of drug-likeness (QED) is 0.716. The van der Waals surface area contributed by atoms with E-state index in [0.717, 1.165) is 38.4 Å². The molecule has 1 heterocycles. The minimum Gasteiger partial charge on any atom is -0.382 e. The molecule has 92 valence electrons. The molecule has 16 heavy (non-hydrogen) atoms. The molecule has 0 spiro atoms. The maximum atomic E-state index is 5.28. The summed E-state index contributed by atoms with van der Waals surface area (Å²) in [5, 5.41) is 7.81. The van der Waals surface area contributed by atoms with Crippen LogP contribution in [-0.2, 0) is 18.3 Å². The molecule has 0 amide bonds. The van der Waals surface area contributed by atoms with Crippen molar-refractivity contribution in [2.45, 2.75) is 33.7 Å². The lowest BCUT2D eigenvalue weighted by molar-refractivity contribution is 0.144. The van der Waals surface area contributed by atoms with E-state index in [4.69, 9.17) is 4.74 Å². The average molecular weight is 225 g/mol. The van der Waals surface area contributed by atoms with E-state index in [9.17, 15) is 0 Å². The lowest BCUT2D eigenvalue weighted by atomic mass is 10.2. The summed E-state index contributed by atoms with van der Waals surface area (Å²) in [6.07, 6.45) is 1.06. The van der Waals surface area contributed by atoms with Crippen LogP contribution < -0.4 is 5.32 Å². The molecule has 0 aliphatic carbocycles. The van der Waals surface area contributed by atoms with Gasteiger partial charge in [0.2, 0.25) is 0 Å². The third-order valence-electron chi connectivity index (χ3n) is 2.81. The number of nitrogens with one attached hydrogen (secondary N) is 1. The minimum atomic E-state index is 0.806. The minimum absolute atomic E-state index is 0.806. The van der Waals surface area contributed by atoms with Crippen molar-refractivity contribution in [3.63, 3.8) is 0 Å². The molecule has 0 bridgehead atoms. The Kier molecular flexibility index (Phi) is 5.49. The standard InChI is InChI=1S/C12H23N3O/c1-5-16-8-6-7-13-9-12-10(2)14-15(4)11(12)3/h13H,5-9H2,1-4H3. The summed E-state index contributed by atoms with van der Waals surface area (Å²) in [6, 6.07) is 0. The fourth-order valence-corrected chi connectivity index (χ4v) is 1.73. The number of hydrogen-bond donors (Lipinski definition) is 1. The van der Waals surface area contributed by atoms with Crippen LogP contribution in [0, 0.1) is 13.8 Å². The van der Waals surface area contributed by atoms with Crippen LogP contribution in [0.5, 0.6) is 0 Å². The number of aromatic nitrogens is 2. The van der Waals surface area contributed by atoms with E-state index in [0.29, 0.717) is 0 Å². The molecule has 0 aromatic carbocycles. The molecule has 0 aliphatic heterocycles. The molecule has 0 saturated heterocycles. The smallest absolute Gasteiger partial charge is 0.0641 e. The summed E-state index contributed by atoms with van der Waals surface area (Å²) in [4.78, 5) is 0. The molecule has 0 atom stereocenters. The Bertz CT molecular complexity index is 320. The van der Waals surface area contributed by atoms with Crippen molar-refractivity contribution in [2.24, 2.45) is 7.05 Å². The van der Waals surface area contributed by atoms with Gasteiger partial charge in [-0.25, -0.2) is 0 Å². The zero-order valence-corrected chi connectivity index (χ0v) is 10.8. The highest BCUT2D eigenvalue weighted by Crippen LogP contribution is 2.10. The van der Waals surface area contributed by atoms with E-state index in [2.05, 4.69) is 24.3 Å². The predicted molar refractivity (Wildman–Crippen MR) is 65.5 cm³/mol. The Balaban J connectivity index is 2.26. The van der Waals surface area contributed by atoms with Crippen molar-refractivity contribution in [3.05, 3.63) is 17.0 Å². The number of aryl methyl sites for hydroxylation is 2. The Hall–Kier alpha value is -0.870. The normalized spacial score (nSPS) is 11.0. The van der Waals surface area contributed by atoms with Gasteiger partial charge in [0.25, 0.3) is 0 Å². The Morgan fingerprint density at radius 2 is 2.12 bits per heavy atom. The Morgan fingerprint density at radius 3 is 2.69 bits per heavy atom. The molecule has 1 aromatic rings. The van der Waals surface area contributed by atoms with Gasteiger partial charge in [0.1, 0.15) is 0 Å². The molecular formula is C12H23N3O. The van der Waals surface area contributed by atoms with E-state index < -0.39 is 0 Å². The Morgan fingerprint density at radius 1 is 1.38 bits per heavy atom. The molecule has 0 radical (unpaired) electrons. The summed E-state index contributed by atoms with van der Waals surface area (Å²) in [6.45, 7) is 9.73. The highest BCUT2D eigenvalue weighted by molar-refractivity contribution is 5.23. The number of hydrogen-bond acceptors (Lipinski definition) is 3. The van der Waals surface area contributed by atoms with E-state index in [1.54, 1.807) is 0 Å². The summed E-state index contributed by atoms with van der Waals surface area (Å²) >= 11 is 0. The van der Waals surface area contributed by atoms with Crippen LogP contribution >= 0.6 is 0 Å². The van der Waals surface area contributed by atoms with Crippen LogP contribution in [0.3, 0.4) is 0 Å². The van der Waals surface area contributed by atoms with Crippen LogP contribution in [0.1, 0.15) is 30.3 Å². The molecule has 1 rings (SSSR count). The summed E-state index contributed by atoms with van der Waals surface area (Å²) in [5.41, 5.74) is 3.69. The van der Waals surface area contributed by atoms with Crippen molar-refractivity contribution < 1.29 is 4.74 Å². The highest BCUT2D eigenvalue weighted by Gasteiger charge is 2.07. The summed E-state index contributed by atoms with van der Waals surface area (Å²) in [5.74, 6) is 0. The second kappa shape index (κ2) is 6.66. The topological polar surface area (TPSA) is 39.1 Å². The molecule has 0 aliphatic rings. The van der Waals surface area contributed by atoms with Gasteiger partial charge in [0.15, 0.2) is 0 Å². The van der Waals surface area contributed by atoms with Gasteiger partial charge in [0, 0.05) is 38.1 Å². The van der Waals surface area contributed by atoms with E-state index in [1.807, 2.05) is 18.7 Å². The fourth-order valence-electron chi connectivity index (χ4n) is 1.73. The van der Waals surface area contributed by atoms with Gasteiger partial charge in [0.05, 0.1) is 5.69 Å². The molecule has 4 heteroatoms. The zero-order valence-electron chi connectivity index (χ0n) is 10.8. The maximum absolute atomic E-state index is 5.28. The average Bonchev–Trinajstić information content (AvgIpc) is 2.49. The lowest BCUT2D eigenvalue weighted by Gasteiger charge is -2.05. The third kappa shape index (κ3) is 3.61. The maximum Gasteiger partial charge on any atom is 0.0641 e. The van der Waals surface area contributed by atoms with Gasteiger partial charge in [-0.3, -0.25) is 4.68 Å². The van der Waals surface area contributed by atoms with Crippen molar-refractivity contribution in [1.82, 2.24) is 15.1 Å². The predicted octanol–water partition coefficient (Wildman–Crippen LogP) is 1.55. The highest BCUT2D eigenvalue weighted by atomic mass is 16.5. The van der Waals surface area contributed by atoms with Crippen molar-refractivity contribution in [1.29, 1.82) is 0 Å². The summed E-state index contributed by atoms with van der Waals surface area (Å²) in [7, 11) is 1.99. The lowest BCUT2D eigenvalue weighted by Crippen LogP contribution is -2.17. The first-order valence-electron chi connectivity index (χ1n) is 5.94. The van der Waals surface area contributed by atoms with Gasteiger partial charge < -0.3 is 10.1 Å². The van der Waals surface area contributed by atoms with E-state index >= 15 is 0 Å². The second-order valence-electron chi connectivity index (χ2n) is 4.00. The molecule has 0 saturated carbocycles. The van der Waals surface area contributed by atoms with Gasteiger partial charge in [-0.05, 0) is 33.7 Å². The van der Waals surface area contributed by atoms with Crippen molar-refractivity contribution in [2.75, 3.05) is 19.8 Å². The number of rotatable bonds is 7. The molecule has 1 aromatic heterocycles. The monoisotopic (exact) mass is 225 g/mol. The van der Waals surface area contributed by atoms with Crippen LogP contribution in [0.15, 0.2) is 0 Å². The van der Waals surface area contributed by atoms with Gasteiger partial charge in [-0.1, -0.05) is 0 Å². The second-order valence-corrected chi connectivity index (χ2v) is 4.00. The Labute approximate surface area is 98.0 Å². The van der Waals surface area contributed by atoms with Crippen LogP contribution in [0.25, 0.3) is 0 Å². The molecular weight excluding hydrogens is 202 g/mol. The van der Waals surface area contributed by atoms with Gasteiger partial charge in [-0.15, -0.1) is 0 Å². The SMILES string of the molecule is CCOCCCNCc1c(C)nn(C)c1C. The zero-order chi connectivity index (χ0) is 12.0. The van der Waals surface area contributed by atoms with E-state index in [-0.39, 0.29) is 0 Å². The van der Waals surface area contributed by atoms with Crippen LogP contribution in [0.4, 0.5) is 0 Å². The molecule has 0 fully saturated rings. The van der Waals surface area contributed by atoms with Gasteiger partial charge >= 0.3 is 0 Å². The van der Waals surface area contributed by atoms with Crippen LogP contribution in [-0.4, -0.2) is 29.5 Å². The van der Waals surface area contributed by atoms with Crippen molar-refractivity contribution >= 4 is 0 Å². The molecule has 1 N–H and O–H groups in total. The first-order chi connectivity index (χ1) is 7.66. The number of nitrogens with zero attached hydrogens (tertiary/aromatic N) is 2. The molecule has 4 nitrogen and oxygen atoms in total. The third-order valence-corrected chi connectivity index (χ3v) is 2.81. The number of ether oxygens (including phenoxy) is 1. The van der Waals surface area contributed by atoms with Gasteiger partial charge in [-0.2, -0.15) is 5.10 Å². The van der Waals surface area contributed by atoms with E-state index in [1.165, 1.54) is 11.3 Å². The van der Waals surface area contributed by atoms with Crippen LogP contribution in [0.2, 0.25) is 0 Å². The molecule has 0 unspecified atom stereocenters. The first kappa shape index (κ1) is 13.2. The van der Waals surface area contributed by atoms with Crippen molar-refractivity contribution in [3.8, 4) is 0 Å².